The Kier molecular flexibility index (Phi) is 7.06. The second-order valence-corrected chi connectivity index (χ2v) is 4.25. The van der Waals surface area contributed by atoms with Gasteiger partial charge in [0, 0.05) is 19.3 Å². The lowest BCUT2D eigenvalue weighted by Crippen LogP contribution is -2.34. The topological polar surface area (TPSA) is 21.3 Å². The molecule has 1 rings (SSSR count). The average Bonchev–Trinajstić information content (AvgIpc) is 2.25. The van der Waals surface area contributed by atoms with Crippen LogP contribution in [0, 0.1) is 0 Å². The van der Waals surface area contributed by atoms with E-state index in [1.165, 1.54) is 51.5 Å². The summed E-state index contributed by atoms with van der Waals surface area (Å²) in [7, 11) is 0. The van der Waals surface area contributed by atoms with Crippen LogP contribution in [0.3, 0.4) is 0 Å². The van der Waals surface area contributed by atoms with Gasteiger partial charge >= 0.3 is 0 Å². The van der Waals surface area contributed by atoms with Crippen molar-refractivity contribution in [3.63, 3.8) is 0 Å². The van der Waals surface area contributed by atoms with Gasteiger partial charge in [0.1, 0.15) is 0 Å². The summed E-state index contributed by atoms with van der Waals surface area (Å²) in [6.45, 7) is 5.34. The van der Waals surface area contributed by atoms with Gasteiger partial charge in [0.2, 0.25) is 0 Å². The smallest absolute Gasteiger partial charge is 0.0480 e. The van der Waals surface area contributed by atoms with Gasteiger partial charge in [-0.3, -0.25) is 0 Å². The second kappa shape index (κ2) is 8.25. The summed E-state index contributed by atoms with van der Waals surface area (Å²) in [6.07, 6.45) is 9.12. The third-order valence-corrected chi connectivity index (χ3v) is 2.92. The van der Waals surface area contributed by atoms with Gasteiger partial charge in [-0.1, -0.05) is 26.2 Å². The Morgan fingerprint density at radius 1 is 1.21 bits per heavy atom. The van der Waals surface area contributed by atoms with Crippen molar-refractivity contribution in [1.82, 2.24) is 5.32 Å². The van der Waals surface area contributed by atoms with Crippen LogP contribution in [-0.4, -0.2) is 25.8 Å². The normalized spacial score (nSPS) is 22.5. The average molecular weight is 199 g/mol. The van der Waals surface area contributed by atoms with Crippen molar-refractivity contribution in [2.75, 3.05) is 19.8 Å². The Morgan fingerprint density at radius 2 is 2.14 bits per heavy atom. The number of ether oxygens (including phenoxy) is 1. The molecule has 0 aromatic rings. The number of rotatable bonds is 7. The molecule has 1 heterocycles. The van der Waals surface area contributed by atoms with E-state index in [4.69, 9.17) is 4.74 Å². The number of hydrogen-bond acceptors (Lipinski definition) is 2. The highest BCUT2D eigenvalue weighted by atomic mass is 16.5. The SMILES string of the molecule is CCCCCOCCC1CCCCN1. The third kappa shape index (κ3) is 5.61. The number of unbranched alkanes of at least 4 members (excludes halogenated alkanes) is 2. The monoisotopic (exact) mass is 199 g/mol. The number of hydrogen-bond donors (Lipinski definition) is 1. The Balaban J connectivity index is 1.82. The Labute approximate surface area is 88.4 Å². The fourth-order valence-electron chi connectivity index (χ4n) is 1.95. The summed E-state index contributed by atoms with van der Waals surface area (Å²) in [5.41, 5.74) is 0. The predicted octanol–water partition coefficient (Wildman–Crippen LogP) is 2.73. The van der Waals surface area contributed by atoms with Crippen LogP contribution in [0.2, 0.25) is 0 Å². The van der Waals surface area contributed by atoms with E-state index in [0.717, 1.165) is 19.3 Å². The molecule has 1 N–H and O–H groups in total. The highest BCUT2D eigenvalue weighted by Crippen LogP contribution is 2.09. The van der Waals surface area contributed by atoms with Gasteiger partial charge in [-0.15, -0.1) is 0 Å². The summed E-state index contributed by atoms with van der Waals surface area (Å²) in [6, 6.07) is 0.731. The standard InChI is InChI=1S/C12H25NO/c1-2-3-6-10-14-11-8-12-7-4-5-9-13-12/h12-13H,2-11H2,1H3. The number of nitrogens with one attached hydrogen (secondary N) is 1. The van der Waals surface area contributed by atoms with Gasteiger partial charge in [0.05, 0.1) is 0 Å². The van der Waals surface area contributed by atoms with Gasteiger partial charge in [-0.05, 0) is 32.2 Å². The molecular weight excluding hydrogens is 174 g/mol. The molecule has 1 atom stereocenters. The molecule has 1 fully saturated rings. The maximum Gasteiger partial charge on any atom is 0.0480 e. The lowest BCUT2D eigenvalue weighted by molar-refractivity contribution is 0.117. The van der Waals surface area contributed by atoms with Crippen LogP contribution in [0.1, 0.15) is 51.9 Å². The quantitative estimate of drug-likeness (QED) is 0.637. The molecule has 1 unspecified atom stereocenters. The van der Waals surface area contributed by atoms with Gasteiger partial charge in [0.15, 0.2) is 0 Å². The summed E-state index contributed by atoms with van der Waals surface area (Å²) in [5, 5.41) is 3.54. The molecule has 0 aromatic carbocycles. The highest BCUT2D eigenvalue weighted by molar-refractivity contribution is 4.71. The zero-order valence-corrected chi connectivity index (χ0v) is 9.56. The van der Waals surface area contributed by atoms with Crippen molar-refractivity contribution in [2.45, 2.75) is 57.9 Å². The molecule has 0 aliphatic carbocycles. The molecule has 2 nitrogen and oxygen atoms in total. The van der Waals surface area contributed by atoms with E-state index in [1.54, 1.807) is 0 Å². The molecule has 84 valence electrons. The van der Waals surface area contributed by atoms with E-state index >= 15 is 0 Å². The molecule has 0 saturated carbocycles. The first-order valence-electron chi connectivity index (χ1n) is 6.24. The van der Waals surface area contributed by atoms with Crippen LogP contribution in [0.4, 0.5) is 0 Å². The van der Waals surface area contributed by atoms with Crippen LogP contribution in [0.25, 0.3) is 0 Å². The summed E-state index contributed by atoms with van der Waals surface area (Å²) in [4.78, 5) is 0. The summed E-state index contributed by atoms with van der Waals surface area (Å²) < 4.78 is 5.60. The Morgan fingerprint density at radius 3 is 2.86 bits per heavy atom. The highest BCUT2D eigenvalue weighted by Gasteiger charge is 2.11. The minimum Gasteiger partial charge on any atom is -0.381 e. The van der Waals surface area contributed by atoms with Crippen LogP contribution < -0.4 is 5.32 Å². The second-order valence-electron chi connectivity index (χ2n) is 4.25. The van der Waals surface area contributed by atoms with Gasteiger partial charge in [-0.25, -0.2) is 0 Å². The van der Waals surface area contributed by atoms with Crippen molar-refractivity contribution in [1.29, 1.82) is 0 Å². The fraction of sp³-hybridized carbons (Fsp3) is 1.00. The lowest BCUT2D eigenvalue weighted by atomic mass is 10.0. The first kappa shape index (κ1) is 12.0. The Hall–Kier alpha value is -0.0800. The van der Waals surface area contributed by atoms with Crippen molar-refractivity contribution >= 4 is 0 Å². The third-order valence-electron chi connectivity index (χ3n) is 2.92. The molecule has 14 heavy (non-hydrogen) atoms. The molecule has 1 aliphatic heterocycles. The van der Waals surface area contributed by atoms with Gasteiger partial charge < -0.3 is 10.1 Å². The molecule has 0 bridgehead atoms. The van der Waals surface area contributed by atoms with E-state index in [9.17, 15) is 0 Å². The molecular formula is C12H25NO. The van der Waals surface area contributed by atoms with Crippen molar-refractivity contribution in [3.05, 3.63) is 0 Å². The van der Waals surface area contributed by atoms with E-state index in [1.807, 2.05) is 0 Å². The largest absolute Gasteiger partial charge is 0.381 e. The minimum atomic E-state index is 0.731. The summed E-state index contributed by atoms with van der Waals surface area (Å²) >= 11 is 0. The zero-order valence-electron chi connectivity index (χ0n) is 9.56. The first-order valence-corrected chi connectivity index (χ1v) is 6.24. The zero-order chi connectivity index (χ0) is 10.1. The fourth-order valence-corrected chi connectivity index (χ4v) is 1.95. The molecule has 0 radical (unpaired) electrons. The van der Waals surface area contributed by atoms with E-state index < -0.39 is 0 Å². The first-order chi connectivity index (χ1) is 6.93. The molecule has 0 spiro atoms. The molecule has 0 amide bonds. The Bertz CT molecular complexity index is 121. The molecule has 1 saturated heterocycles. The molecule has 0 aromatic heterocycles. The van der Waals surface area contributed by atoms with Crippen molar-refractivity contribution < 1.29 is 4.74 Å². The minimum absolute atomic E-state index is 0.731. The van der Waals surface area contributed by atoms with Crippen molar-refractivity contribution in [3.8, 4) is 0 Å². The molecule has 2 heteroatoms. The van der Waals surface area contributed by atoms with Crippen LogP contribution in [0.15, 0.2) is 0 Å². The predicted molar refractivity (Wildman–Crippen MR) is 60.6 cm³/mol. The lowest BCUT2D eigenvalue weighted by Gasteiger charge is -2.23. The van der Waals surface area contributed by atoms with E-state index in [0.29, 0.717) is 0 Å². The maximum atomic E-state index is 5.60. The molecule has 1 aliphatic rings. The van der Waals surface area contributed by atoms with Gasteiger partial charge in [0.25, 0.3) is 0 Å². The van der Waals surface area contributed by atoms with Crippen LogP contribution in [-0.2, 0) is 4.74 Å². The number of piperidine rings is 1. The van der Waals surface area contributed by atoms with Crippen LogP contribution >= 0.6 is 0 Å². The van der Waals surface area contributed by atoms with E-state index in [2.05, 4.69) is 12.2 Å². The van der Waals surface area contributed by atoms with Crippen molar-refractivity contribution in [2.24, 2.45) is 0 Å². The summed E-state index contributed by atoms with van der Waals surface area (Å²) in [5.74, 6) is 0. The van der Waals surface area contributed by atoms with E-state index in [-0.39, 0.29) is 0 Å². The van der Waals surface area contributed by atoms with Crippen LogP contribution in [0.5, 0.6) is 0 Å². The maximum absolute atomic E-state index is 5.60. The van der Waals surface area contributed by atoms with Gasteiger partial charge in [-0.2, -0.15) is 0 Å².